The molecule has 0 radical (unpaired) electrons. The molecule has 1 aliphatic carbocycles. The van der Waals surface area contributed by atoms with E-state index < -0.39 is 63.1 Å². The third-order valence-electron chi connectivity index (χ3n) is 9.83. The molecular formula is C41H77O12P. The van der Waals surface area contributed by atoms with Gasteiger partial charge in [-0.25, -0.2) is 4.57 Å². The number of esters is 1. The number of allylic oxidation sites excluding steroid dienone is 4. The highest BCUT2D eigenvalue weighted by Gasteiger charge is 2.51. The molecule has 0 heterocycles. The summed E-state index contributed by atoms with van der Waals surface area (Å²) in [5.41, 5.74) is 0. The van der Waals surface area contributed by atoms with E-state index in [0.29, 0.717) is 13.0 Å². The molecule has 6 N–H and O–H groups in total. The van der Waals surface area contributed by atoms with Crippen LogP contribution in [0.4, 0.5) is 0 Å². The van der Waals surface area contributed by atoms with Crippen molar-refractivity contribution in [1.29, 1.82) is 0 Å². The second-order valence-electron chi connectivity index (χ2n) is 14.8. The number of phosphoric acid groups is 1. The van der Waals surface area contributed by atoms with E-state index in [4.69, 9.17) is 18.5 Å². The van der Waals surface area contributed by atoms with Gasteiger partial charge >= 0.3 is 13.8 Å². The minimum absolute atomic E-state index is 0.0790. The SMILES string of the molecule is CCCC/C=C\C/C=C\CCCCCCCC(=O)OC(COCCCCCCCCCCCCCCC)COP(=O)(O)OC1C(O)C(O)C(O)C(O)C1O. The van der Waals surface area contributed by atoms with Gasteiger partial charge in [0.15, 0.2) is 0 Å². The second-order valence-corrected chi connectivity index (χ2v) is 16.3. The van der Waals surface area contributed by atoms with Crippen molar-refractivity contribution in [2.75, 3.05) is 19.8 Å². The first-order chi connectivity index (χ1) is 26.0. The number of phosphoric ester groups is 1. The zero-order valence-electron chi connectivity index (χ0n) is 33.5. The molecule has 0 spiro atoms. The highest BCUT2D eigenvalue weighted by Crippen LogP contribution is 2.47. The van der Waals surface area contributed by atoms with Gasteiger partial charge in [-0.05, 0) is 38.5 Å². The third kappa shape index (κ3) is 25.1. The Hall–Kier alpha value is -1.18. The first-order valence-electron chi connectivity index (χ1n) is 21.2. The molecule has 1 rings (SSSR count). The maximum atomic E-state index is 12.8. The molecule has 1 aliphatic rings. The minimum atomic E-state index is -5.01. The average Bonchev–Trinajstić information content (AvgIpc) is 3.15. The summed E-state index contributed by atoms with van der Waals surface area (Å²) in [7, 11) is -5.01. The molecule has 54 heavy (non-hydrogen) atoms. The molecule has 0 bridgehead atoms. The van der Waals surface area contributed by atoms with E-state index in [1.165, 1.54) is 77.0 Å². The minimum Gasteiger partial charge on any atom is -0.457 e. The summed E-state index contributed by atoms with van der Waals surface area (Å²) in [6, 6.07) is 0. The lowest BCUT2D eigenvalue weighted by Crippen LogP contribution is -2.64. The fraction of sp³-hybridized carbons (Fsp3) is 0.878. The van der Waals surface area contributed by atoms with Gasteiger partial charge < -0.3 is 39.9 Å². The maximum absolute atomic E-state index is 12.8. The molecule has 6 unspecified atom stereocenters. The molecule has 6 atom stereocenters. The van der Waals surface area contributed by atoms with Crippen LogP contribution in [0.1, 0.15) is 168 Å². The Balaban J connectivity index is 2.45. The highest BCUT2D eigenvalue weighted by atomic mass is 31.2. The Labute approximate surface area is 326 Å². The molecule has 0 aliphatic heterocycles. The van der Waals surface area contributed by atoms with Crippen LogP contribution in [0.25, 0.3) is 0 Å². The summed E-state index contributed by atoms with van der Waals surface area (Å²) >= 11 is 0. The monoisotopic (exact) mass is 793 g/mol. The van der Waals surface area contributed by atoms with Crippen LogP contribution in [0.5, 0.6) is 0 Å². The lowest BCUT2D eigenvalue weighted by molar-refractivity contribution is -0.220. The van der Waals surface area contributed by atoms with Crippen molar-refractivity contribution >= 4 is 13.8 Å². The number of aliphatic hydroxyl groups excluding tert-OH is 5. The number of rotatable bonds is 35. The van der Waals surface area contributed by atoms with Gasteiger partial charge in [-0.2, -0.15) is 0 Å². The van der Waals surface area contributed by atoms with E-state index in [1.54, 1.807) is 0 Å². The first kappa shape index (κ1) is 50.8. The van der Waals surface area contributed by atoms with E-state index in [0.717, 1.165) is 64.2 Å². The number of hydrogen-bond acceptors (Lipinski definition) is 11. The van der Waals surface area contributed by atoms with Crippen LogP contribution in [0, 0.1) is 0 Å². The van der Waals surface area contributed by atoms with Gasteiger partial charge in [-0.3, -0.25) is 13.8 Å². The summed E-state index contributed by atoms with van der Waals surface area (Å²) in [5.74, 6) is -0.491. The van der Waals surface area contributed by atoms with Crippen LogP contribution >= 0.6 is 7.82 Å². The molecule has 13 heteroatoms. The summed E-state index contributed by atoms with van der Waals surface area (Å²) in [6.07, 6.45) is 22.5. The second kappa shape index (κ2) is 32.9. The quantitative estimate of drug-likeness (QED) is 0.0159. The van der Waals surface area contributed by atoms with Crippen molar-refractivity contribution in [1.82, 2.24) is 0 Å². The molecule has 12 nitrogen and oxygen atoms in total. The Kier molecular flexibility index (Phi) is 30.9. The predicted octanol–water partition coefficient (Wildman–Crippen LogP) is 7.75. The van der Waals surface area contributed by atoms with Gasteiger partial charge in [0, 0.05) is 13.0 Å². The van der Waals surface area contributed by atoms with Crippen molar-refractivity contribution in [3.05, 3.63) is 24.3 Å². The summed E-state index contributed by atoms with van der Waals surface area (Å²) < 4.78 is 34.1. The number of ether oxygens (including phenoxy) is 2. The van der Waals surface area contributed by atoms with Crippen molar-refractivity contribution in [2.24, 2.45) is 0 Å². The lowest BCUT2D eigenvalue weighted by Gasteiger charge is -2.41. The fourth-order valence-corrected chi connectivity index (χ4v) is 7.34. The van der Waals surface area contributed by atoms with Crippen LogP contribution in [0.15, 0.2) is 24.3 Å². The number of carbonyl (C=O) groups is 1. The zero-order chi connectivity index (χ0) is 39.9. The van der Waals surface area contributed by atoms with E-state index in [9.17, 15) is 39.8 Å². The molecule has 1 fully saturated rings. The normalized spacial score (nSPS) is 23.6. The molecule has 0 aromatic rings. The van der Waals surface area contributed by atoms with Crippen LogP contribution in [-0.4, -0.2) is 98.9 Å². The van der Waals surface area contributed by atoms with E-state index >= 15 is 0 Å². The van der Waals surface area contributed by atoms with E-state index in [2.05, 4.69) is 38.2 Å². The summed E-state index contributed by atoms with van der Waals surface area (Å²) in [6.45, 7) is 4.19. The van der Waals surface area contributed by atoms with Crippen molar-refractivity contribution < 1.29 is 58.3 Å². The maximum Gasteiger partial charge on any atom is 0.472 e. The lowest BCUT2D eigenvalue weighted by atomic mass is 9.85. The van der Waals surface area contributed by atoms with Crippen LogP contribution < -0.4 is 0 Å². The molecule has 1 saturated carbocycles. The van der Waals surface area contributed by atoms with Gasteiger partial charge in [-0.1, -0.05) is 147 Å². The number of carbonyl (C=O) groups excluding carboxylic acids is 1. The van der Waals surface area contributed by atoms with Crippen LogP contribution in [0.3, 0.4) is 0 Å². The molecular weight excluding hydrogens is 715 g/mol. The standard InChI is InChI=1S/C41H77O12P/c1-3-5-7-9-11-13-15-17-18-20-22-24-26-28-30-35(42)52-34(32-50-31-29-27-25-23-21-19-16-14-12-10-8-6-4-2)33-51-54(48,49)53-41-39(46)37(44)36(43)38(45)40(41)47/h9,11,15,17,34,36-41,43-47H,3-8,10,12-14,16,18-33H2,1-2H3,(H,48,49)/b11-9-,17-15-. The molecule has 0 amide bonds. The molecule has 0 aromatic carbocycles. The summed E-state index contributed by atoms with van der Waals surface area (Å²) in [5, 5.41) is 50.0. The Morgan fingerprint density at radius 3 is 1.61 bits per heavy atom. The molecule has 318 valence electrons. The number of aliphatic hydroxyl groups is 5. The number of unbranched alkanes of at least 4 members (excludes halogenated alkanes) is 19. The first-order valence-corrected chi connectivity index (χ1v) is 22.7. The van der Waals surface area contributed by atoms with E-state index in [1.807, 2.05) is 0 Å². The predicted molar refractivity (Wildman–Crippen MR) is 212 cm³/mol. The molecule has 0 saturated heterocycles. The Morgan fingerprint density at radius 2 is 1.06 bits per heavy atom. The largest absolute Gasteiger partial charge is 0.472 e. The van der Waals surface area contributed by atoms with Crippen molar-refractivity contribution in [3.8, 4) is 0 Å². The highest BCUT2D eigenvalue weighted by molar-refractivity contribution is 7.47. The van der Waals surface area contributed by atoms with Gasteiger partial charge in [0.2, 0.25) is 0 Å². The number of hydrogen-bond donors (Lipinski definition) is 6. The Bertz CT molecular complexity index is 995. The topological polar surface area (TPSA) is 192 Å². The van der Waals surface area contributed by atoms with Gasteiger partial charge in [0.1, 0.15) is 42.7 Å². The van der Waals surface area contributed by atoms with Crippen molar-refractivity contribution in [3.63, 3.8) is 0 Å². The van der Waals surface area contributed by atoms with Gasteiger partial charge in [-0.15, -0.1) is 0 Å². The van der Waals surface area contributed by atoms with Gasteiger partial charge in [0.05, 0.1) is 13.2 Å². The summed E-state index contributed by atoms with van der Waals surface area (Å²) in [4.78, 5) is 23.1. The van der Waals surface area contributed by atoms with E-state index in [-0.39, 0.29) is 13.0 Å². The smallest absolute Gasteiger partial charge is 0.457 e. The fourth-order valence-electron chi connectivity index (χ4n) is 6.37. The Morgan fingerprint density at radius 1 is 0.593 bits per heavy atom. The average molecular weight is 793 g/mol. The molecule has 0 aromatic heterocycles. The van der Waals surface area contributed by atoms with Crippen molar-refractivity contribution in [2.45, 2.75) is 211 Å². The van der Waals surface area contributed by atoms with Crippen LogP contribution in [-0.2, 0) is 27.9 Å². The third-order valence-corrected chi connectivity index (χ3v) is 10.8. The van der Waals surface area contributed by atoms with Crippen LogP contribution in [0.2, 0.25) is 0 Å². The zero-order valence-corrected chi connectivity index (χ0v) is 34.4. The van der Waals surface area contributed by atoms with Gasteiger partial charge in [0.25, 0.3) is 0 Å².